The number of ketones is 1. The molecule has 160 valence electrons. The van der Waals surface area contributed by atoms with E-state index in [9.17, 15) is 9.59 Å². The molecule has 1 saturated carbocycles. The molecule has 3 aromatic rings. The lowest BCUT2D eigenvalue weighted by molar-refractivity contribution is 0.0507. The van der Waals surface area contributed by atoms with Gasteiger partial charge >= 0.3 is 0 Å². The molecule has 2 heterocycles. The molecule has 2 aromatic carbocycles. The van der Waals surface area contributed by atoms with Crippen LogP contribution < -0.4 is 10.1 Å². The van der Waals surface area contributed by atoms with E-state index in [1.54, 1.807) is 24.3 Å². The van der Waals surface area contributed by atoms with Gasteiger partial charge in [0.15, 0.2) is 11.5 Å². The predicted octanol–water partition coefficient (Wildman–Crippen LogP) is 5.95. The Balaban J connectivity index is 1.53. The molecule has 0 spiro atoms. The number of fused-ring (bicyclic) bond motifs is 3. The first-order chi connectivity index (χ1) is 14.9. The van der Waals surface area contributed by atoms with Crippen LogP contribution in [0.4, 0.5) is 0 Å². The summed E-state index contributed by atoms with van der Waals surface area (Å²) >= 11 is 6.02. The number of ether oxygens (including phenoxy) is 1. The van der Waals surface area contributed by atoms with Crippen LogP contribution >= 0.6 is 11.6 Å². The van der Waals surface area contributed by atoms with Crippen molar-refractivity contribution >= 4 is 34.3 Å². The summed E-state index contributed by atoms with van der Waals surface area (Å²) < 4.78 is 12.3. The number of benzene rings is 2. The van der Waals surface area contributed by atoms with E-state index in [1.165, 1.54) is 0 Å². The number of furan rings is 1. The minimum Gasteiger partial charge on any atom is -0.482 e. The number of Topliss-reactive ketones (excluding diaryl/α,β-unsaturated/α-hetero) is 1. The van der Waals surface area contributed by atoms with Crippen molar-refractivity contribution in [2.75, 3.05) is 0 Å². The number of amides is 1. The minimum absolute atomic E-state index is 0.0315. The van der Waals surface area contributed by atoms with Gasteiger partial charge in [-0.25, -0.2) is 0 Å². The normalized spacial score (nSPS) is 21.2. The van der Waals surface area contributed by atoms with Gasteiger partial charge in [0.25, 0.3) is 5.91 Å². The van der Waals surface area contributed by atoms with Crippen LogP contribution in [-0.4, -0.2) is 17.7 Å². The zero-order valence-corrected chi connectivity index (χ0v) is 18.3. The second kappa shape index (κ2) is 7.41. The Morgan fingerprint density at radius 3 is 2.55 bits per heavy atom. The minimum atomic E-state index is -0.789. The van der Waals surface area contributed by atoms with Crippen LogP contribution in [0.1, 0.15) is 71.1 Å². The Hall–Kier alpha value is -2.79. The molecule has 0 unspecified atom stereocenters. The van der Waals surface area contributed by atoms with Crippen LogP contribution in [0.5, 0.6) is 5.75 Å². The van der Waals surface area contributed by atoms with Crippen molar-refractivity contribution in [3.05, 3.63) is 63.9 Å². The van der Waals surface area contributed by atoms with Crippen molar-refractivity contribution in [2.24, 2.45) is 0 Å². The number of aryl methyl sites for hydroxylation is 1. The van der Waals surface area contributed by atoms with Crippen LogP contribution in [0.3, 0.4) is 0 Å². The first kappa shape index (κ1) is 20.1. The standard InChI is InChI=1S/C25H24ClNO4/c1-14-21-19(30-23(14)24(29)27-17-5-3-4-6-17)11-12-20-22(21)18(28)13-25(2,31-20)15-7-9-16(26)10-8-15/h7-12,17H,3-6,13H2,1-2H3,(H,27,29)/t25-/m1/s1. The molecule has 5 rings (SSSR count). The third-order valence-corrected chi connectivity index (χ3v) is 6.77. The van der Waals surface area contributed by atoms with Gasteiger partial charge in [0.1, 0.15) is 16.9 Å². The molecular weight excluding hydrogens is 414 g/mol. The molecule has 1 aliphatic carbocycles. The molecule has 0 bridgehead atoms. The molecule has 0 saturated heterocycles. The van der Waals surface area contributed by atoms with E-state index >= 15 is 0 Å². The van der Waals surface area contributed by atoms with Crippen molar-refractivity contribution < 1.29 is 18.7 Å². The van der Waals surface area contributed by atoms with E-state index in [1.807, 2.05) is 26.0 Å². The first-order valence-corrected chi connectivity index (χ1v) is 11.1. The number of carbonyl (C=O) groups is 2. The number of hydrogen-bond acceptors (Lipinski definition) is 4. The van der Waals surface area contributed by atoms with E-state index < -0.39 is 5.60 Å². The summed E-state index contributed by atoms with van der Waals surface area (Å²) in [6, 6.07) is 11.1. The fraction of sp³-hybridized carbons (Fsp3) is 0.360. The van der Waals surface area contributed by atoms with Gasteiger partial charge < -0.3 is 14.5 Å². The van der Waals surface area contributed by atoms with E-state index in [2.05, 4.69) is 5.32 Å². The molecule has 5 nitrogen and oxygen atoms in total. The number of rotatable bonds is 3. The Morgan fingerprint density at radius 2 is 1.84 bits per heavy atom. The lowest BCUT2D eigenvalue weighted by atomic mass is 9.84. The molecule has 1 N–H and O–H groups in total. The fourth-order valence-electron chi connectivity index (χ4n) is 4.86. The summed E-state index contributed by atoms with van der Waals surface area (Å²) in [4.78, 5) is 26.1. The van der Waals surface area contributed by atoms with Crippen LogP contribution in [-0.2, 0) is 5.60 Å². The van der Waals surface area contributed by atoms with Gasteiger partial charge in [-0.15, -0.1) is 0 Å². The van der Waals surface area contributed by atoms with Gasteiger partial charge in [0.2, 0.25) is 0 Å². The quantitative estimate of drug-likeness (QED) is 0.549. The molecule has 1 amide bonds. The molecule has 1 fully saturated rings. The van der Waals surface area contributed by atoms with Crippen LogP contribution in [0.25, 0.3) is 11.0 Å². The number of carbonyl (C=O) groups excluding carboxylic acids is 2. The highest BCUT2D eigenvalue weighted by Crippen LogP contribution is 2.44. The monoisotopic (exact) mass is 437 g/mol. The maximum Gasteiger partial charge on any atom is 0.287 e. The second-order valence-electron chi connectivity index (χ2n) is 8.76. The van der Waals surface area contributed by atoms with Crippen molar-refractivity contribution in [1.82, 2.24) is 5.32 Å². The van der Waals surface area contributed by atoms with Crippen LogP contribution in [0.15, 0.2) is 40.8 Å². The summed E-state index contributed by atoms with van der Waals surface area (Å²) in [6.45, 7) is 3.74. The Morgan fingerprint density at radius 1 is 1.13 bits per heavy atom. The highest BCUT2D eigenvalue weighted by molar-refractivity contribution is 6.30. The highest BCUT2D eigenvalue weighted by atomic mass is 35.5. The van der Waals surface area contributed by atoms with Crippen molar-refractivity contribution in [1.29, 1.82) is 0 Å². The van der Waals surface area contributed by atoms with Gasteiger partial charge in [0, 0.05) is 22.0 Å². The van der Waals surface area contributed by atoms with E-state index in [4.69, 9.17) is 20.8 Å². The zero-order valence-electron chi connectivity index (χ0n) is 17.6. The topological polar surface area (TPSA) is 68.5 Å². The lowest BCUT2D eigenvalue weighted by Crippen LogP contribution is -2.36. The maximum atomic E-state index is 13.3. The molecular formula is C25H24ClNO4. The van der Waals surface area contributed by atoms with E-state index in [0.29, 0.717) is 32.9 Å². The second-order valence-corrected chi connectivity index (χ2v) is 9.20. The fourth-order valence-corrected chi connectivity index (χ4v) is 4.98. The average molecular weight is 438 g/mol. The molecule has 0 radical (unpaired) electrons. The smallest absolute Gasteiger partial charge is 0.287 e. The number of nitrogens with one attached hydrogen (secondary N) is 1. The molecule has 31 heavy (non-hydrogen) atoms. The number of halogens is 1. The van der Waals surface area contributed by atoms with Gasteiger partial charge in [-0.05, 0) is 56.5 Å². The first-order valence-electron chi connectivity index (χ1n) is 10.7. The number of hydrogen-bond donors (Lipinski definition) is 1. The Bertz CT molecular complexity index is 1190. The zero-order chi connectivity index (χ0) is 21.8. The summed E-state index contributed by atoms with van der Waals surface area (Å²) in [7, 11) is 0. The molecule has 1 aromatic heterocycles. The van der Waals surface area contributed by atoms with Crippen LogP contribution in [0, 0.1) is 6.92 Å². The third-order valence-electron chi connectivity index (χ3n) is 6.52. The van der Waals surface area contributed by atoms with Gasteiger partial charge in [0.05, 0.1) is 12.0 Å². The third kappa shape index (κ3) is 3.41. The van der Waals surface area contributed by atoms with Gasteiger partial charge in [-0.1, -0.05) is 36.6 Å². The summed E-state index contributed by atoms with van der Waals surface area (Å²) in [5, 5.41) is 4.37. The van der Waals surface area contributed by atoms with E-state index in [-0.39, 0.29) is 29.9 Å². The Labute approximate surface area is 185 Å². The SMILES string of the molecule is Cc1c(C(=O)NC2CCCC2)oc2ccc3c(c12)C(=O)C[C@](C)(c1ccc(Cl)cc1)O3. The average Bonchev–Trinajstić information content (AvgIpc) is 3.36. The van der Waals surface area contributed by atoms with E-state index in [0.717, 1.165) is 31.2 Å². The lowest BCUT2D eigenvalue weighted by Gasteiger charge is -2.35. The summed E-state index contributed by atoms with van der Waals surface area (Å²) in [6.07, 6.45) is 4.45. The summed E-state index contributed by atoms with van der Waals surface area (Å²) in [5.41, 5.74) is 1.79. The van der Waals surface area contributed by atoms with Crippen molar-refractivity contribution in [2.45, 2.75) is 57.6 Å². The van der Waals surface area contributed by atoms with Gasteiger partial charge in [-0.2, -0.15) is 0 Å². The maximum absolute atomic E-state index is 13.3. The predicted molar refractivity (Wildman–Crippen MR) is 119 cm³/mol. The largest absolute Gasteiger partial charge is 0.482 e. The molecule has 1 aliphatic heterocycles. The van der Waals surface area contributed by atoms with Crippen LogP contribution in [0.2, 0.25) is 5.02 Å². The molecule has 1 atom stereocenters. The van der Waals surface area contributed by atoms with Gasteiger partial charge in [-0.3, -0.25) is 9.59 Å². The molecule has 6 heteroatoms. The Kier molecular flexibility index (Phi) is 4.82. The summed E-state index contributed by atoms with van der Waals surface area (Å²) in [5.74, 6) is 0.530. The van der Waals surface area contributed by atoms with Crippen molar-refractivity contribution in [3.8, 4) is 5.75 Å². The molecule has 2 aliphatic rings. The van der Waals surface area contributed by atoms with Crippen molar-refractivity contribution in [3.63, 3.8) is 0 Å². The highest BCUT2D eigenvalue weighted by Gasteiger charge is 2.40.